The van der Waals surface area contributed by atoms with E-state index in [9.17, 15) is 0 Å². The predicted molar refractivity (Wildman–Crippen MR) is 77.7 cm³/mol. The molecule has 0 radical (unpaired) electrons. The van der Waals surface area contributed by atoms with Crippen molar-refractivity contribution >= 4 is 17.2 Å². The molecule has 2 rings (SSSR count). The number of pyridine rings is 1. The van der Waals surface area contributed by atoms with Gasteiger partial charge in [-0.05, 0) is 12.1 Å². The lowest BCUT2D eigenvalue weighted by Crippen LogP contribution is -2.24. The molecule has 0 saturated heterocycles. The van der Waals surface area contributed by atoms with Gasteiger partial charge >= 0.3 is 0 Å². The van der Waals surface area contributed by atoms with Gasteiger partial charge in [-0.15, -0.1) is 0 Å². The Morgan fingerprint density at radius 1 is 1.42 bits per heavy atom. The summed E-state index contributed by atoms with van der Waals surface area (Å²) < 4.78 is 7.14. The average molecular weight is 282 g/mol. The van der Waals surface area contributed by atoms with E-state index >= 15 is 0 Å². The highest BCUT2D eigenvalue weighted by Gasteiger charge is 2.27. The van der Waals surface area contributed by atoms with Crippen molar-refractivity contribution in [3.63, 3.8) is 0 Å². The number of nitrogens with two attached hydrogens (primary N) is 1. The van der Waals surface area contributed by atoms with Gasteiger partial charge in [-0.2, -0.15) is 0 Å². The number of fused-ring (bicyclic) bond motifs is 1. The van der Waals surface area contributed by atoms with E-state index in [0.717, 1.165) is 17.0 Å². The quantitative estimate of drug-likeness (QED) is 0.941. The summed E-state index contributed by atoms with van der Waals surface area (Å²) in [6.07, 6.45) is 1.85. The van der Waals surface area contributed by atoms with Crippen LogP contribution in [0.1, 0.15) is 38.2 Å². The summed E-state index contributed by atoms with van der Waals surface area (Å²) in [5, 5.41) is 0.663. The van der Waals surface area contributed by atoms with E-state index < -0.39 is 0 Å². The van der Waals surface area contributed by atoms with Crippen LogP contribution in [0.2, 0.25) is 5.02 Å². The van der Waals surface area contributed by atoms with Gasteiger partial charge in [0.2, 0.25) is 0 Å². The van der Waals surface area contributed by atoms with E-state index in [1.165, 1.54) is 0 Å². The molecule has 0 aliphatic rings. The van der Waals surface area contributed by atoms with Crippen LogP contribution in [0, 0.1) is 0 Å². The minimum Gasteiger partial charge on any atom is -0.383 e. The van der Waals surface area contributed by atoms with Crippen molar-refractivity contribution < 1.29 is 4.74 Å². The number of rotatable bonds is 3. The number of imidazole rings is 1. The Morgan fingerprint density at radius 3 is 2.68 bits per heavy atom. The molecule has 2 N–H and O–H groups in total. The first-order chi connectivity index (χ1) is 8.84. The molecule has 2 aromatic heterocycles. The minimum absolute atomic E-state index is 0.0841. The number of aromatic nitrogens is 2. The summed E-state index contributed by atoms with van der Waals surface area (Å²) in [6.45, 7) is 6.82. The van der Waals surface area contributed by atoms with Crippen molar-refractivity contribution in [2.24, 2.45) is 5.73 Å². The third kappa shape index (κ3) is 2.76. The first kappa shape index (κ1) is 14.3. The molecule has 1 atom stereocenters. The van der Waals surface area contributed by atoms with Gasteiger partial charge in [0.15, 0.2) is 0 Å². The number of hydrogen-bond donors (Lipinski definition) is 1. The molecule has 0 aliphatic heterocycles. The van der Waals surface area contributed by atoms with Crippen LogP contribution >= 0.6 is 11.6 Å². The van der Waals surface area contributed by atoms with Gasteiger partial charge in [0.25, 0.3) is 0 Å². The summed E-state index contributed by atoms with van der Waals surface area (Å²) in [4.78, 5) is 4.70. The second kappa shape index (κ2) is 5.12. The number of halogens is 1. The SMILES string of the molecule is COCC(N)c1c(C(C)(C)C)nc2ccc(Cl)cn12. The zero-order valence-electron chi connectivity index (χ0n) is 11.8. The van der Waals surface area contributed by atoms with Gasteiger partial charge in [-0.1, -0.05) is 32.4 Å². The molecule has 2 heterocycles. The second-order valence-electron chi connectivity index (χ2n) is 5.73. The number of methoxy groups -OCH3 is 1. The molecule has 0 bridgehead atoms. The van der Waals surface area contributed by atoms with Gasteiger partial charge in [0.1, 0.15) is 5.65 Å². The van der Waals surface area contributed by atoms with Crippen molar-refractivity contribution in [2.75, 3.05) is 13.7 Å². The molecule has 104 valence electrons. The highest BCUT2D eigenvalue weighted by Crippen LogP contribution is 2.30. The van der Waals surface area contributed by atoms with Crippen LogP contribution in [0.4, 0.5) is 0 Å². The summed E-state index contributed by atoms with van der Waals surface area (Å²) in [5.74, 6) is 0. The van der Waals surface area contributed by atoms with E-state index in [-0.39, 0.29) is 11.5 Å². The summed E-state index contributed by atoms with van der Waals surface area (Å²) in [6, 6.07) is 3.51. The van der Waals surface area contributed by atoms with Crippen LogP contribution < -0.4 is 5.73 Å². The molecule has 0 aliphatic carbocycles. The molecule has 2 aromatic rings. The lowest BCUT2D eigenvalue weighted by Gasteiger charge is -2.21. The first-order valence-corrected chi connectivity index (χ1v) is 6.65. The van der Waals surface area contributed by atoms with Crippen molar-refractivity contribution in [1.29, 1.82) is 0 Å². The van der Waals surface area contributed by atoms with Crippen LogP contribution in [0.3, 0.4) is 0 Å². The van der Waals surface area contributed by atoms with Crippen LogP contribution in [0.15, 0.2) is 18.3 Å². The molecule has 4 nitrogen and oxygen atoms in total. The Balaban J connectivity index is 2.70. The van der Waals surface area contributed by atoms with Crippen molar-refractivity contribution in [1.82, 2.24) is 9.38 Å². The molecule has 0 saturated carbocycles. The fourth-order valence-corrected chi connectivity index (χ4v) is 2.36. The van der Waals surface area contributed by atoms with E-state index in [4.69, 9.17) is 27.1 Å². The Hall–Kier alpha value is -1.10. The van der Waals surface area contributed by atoms with Crippen LogP contribution in [-0.4, -0.2) is 23.1 Å². The molecule has 19 heavy (non-hydrogen) atoms. The summed E-state index contributed by atoms with van der Waals surface area (Å²) in [7, 11) is 1.65. The van der Waals surface area contributed by atoms with Crippen molar-refractivity contribution in [3.8, 4) is 0 Å². The molecule has 5 heteroatoms. The Morgan fingerprint density at radius 2 is 2.11 bits per heavy atom. The van der Waals surface area contributed by atoms with Gasteiger partial charge in [0.05, 0.1) is 29.1 Å². The zero-order chi connectivity index (χ0) is 14.2. The predicted octanol–water partition coefficient (Wildman–Crippen LogP) is 2.93. The number of hydrogen-bond acceptors (Lipinski definition) is 3. The van der Waals surface area contributed by atoms with Gasteiger partial charge in [-0.25, -0.2) is 4.98 Å². The molecule has 0 fully saturated rings. The van der Waals surface area contributed by atoms with E-state index in [1.54, 1.807) is 7.11 Å². The van der Waals surface area contributed by atoms with E-state index in [1.807, 2.05) is 22.7 Å². The fourth-order valence-electron chi connectivity index (χ4n) is 2.20. The normalized spacial score (nSPS) is 14.0. The Kier molecular flexibility index (Phi) is 3.85. The van der Waals surface area contributed by atoms with Crippen LogP contribution in [-0.2, 0) is 10.2 Å². The van der Waals surface area contributed by atoms with Gasteiger partial charge in [0, 0.05) is 18.7 Å². The topological polar surface area (TPSA) is 52.5 Å². The van der Waals surface area contributed by atoms with Crippen LogP contribution in [0.25, 0.3) is 5.65 Å². The second-order valence-corrected chi connectivity index (χ2v) is 6.17. The minimum atomic E-state index is -0.229. The molecular formula is C14H20ClN3O. The summed E-state index contributed by atoms with van der Waals surface area (Å²) in [5.41, 5.74) is 8.96. The number of nitrogens with zero attached hydrogens (tertiary/aromatic N) is 2. The summed E-state index contributed by atoms with van der Waals surface area (Å²) >= 11 is 6.08. The van der Waals surface area contributed by atoms with Crippen LogP contribution in [0.5, 0.6) is 0 Å². The smallest absolute Gasteiger partial charge is 0.137 e. The van der Waals surface area contributed by atoms with Gasteiger partial charge in [-0.3, -0.25) is 0 Å². The molecule has 0 amide bonds. The molecule has 0 spiro atoms. The van der Waals surface area contributed by atoms with Crippen molar-refractivity contribution in [2.45, 2.75) is 32.2 Å². The molecule has 1 unspecified atom stereocenters. The van der Waals surface area contributed by atoms with Gasteiger partial charge < -0.3 is 14.9 Å². The molecular weight excluding hydrogens is 262 g/mol. The fraction of sp³-hybridized carbons (Fsp3) is 0.500. The molecule has 0 aromatic carbocycles. The maximum Gasteiger partial charge on any atom is 0.137 e. The third-order valence-corrected chi connectivity index (χ3v) is 3.25. The highest BCUT2D eigenvalue weighted by molar-refractivity contribution is 6.30. The van der Waals surface area contributed by atoms with Crippen molar-refractivity contribution in [3.05, 3.63) is 34.7 Å². The monoisotopic (exact) mass is 281 g/mol. The maximum absolute atomic E-state index is 6.23. The first-order valence-electron chi connectivity index (χ1n) is 6.27. The standard InChI is InChI=1S/C14H20ClN3O/c1-14(2,3)13-12(10(16)8-19-4)18-7-9(15)5-6-11(18)17-13/h5-7,10H,8,16H2,1-4H3. The largest absolute Gasteiger partial charge is 0.383 e. The maximum atomic E-state index is 6.23. The highest BCUT2D eigenvalue weighted by atomic mass is 35.5. The van der Waals surface area contributed by atoms with E-state index in [0.29, 0.717) is 11.6 Å². The Bertz CT molecular complexity index is 586. The lowest BCUT2D eigenvalue weighted by molar-refractivity contribution is 0.178. The van der Waals surface area contributed by atoms with E-state index in [2.05, 4.69) is 20.8 Å². The Labute approximate surface area is 118 Å². The zero-order valence-corrected chi connectivity index (χ0v) is 12.5. The number of ether oxygens (including phenoxy) is 1. The lowest BCUT2D eigenvalue weighted by atomic mass is 9.89. The average Bonchev–Trinajstić information content (AvgIpc) is 2.67. The third-order valence-electron chi connectivity index (χ3n) is 3.03.